The van der Waals surface area contributed by atoms with E-state index in [-0.39, 0.29) is 12.6 Å². The van der Waals surface area contributed by atoms with Crippen LogP contribution in [0.15, 0.2) is 24.3 Å². The molecule has 2 atom stereocenters. The zero-order valence-corrected chi connectivity index (χ0v) is 13.2. The third-order valence-electron chi connectivity index (χ3n) is 4.06. The molecule has 1 saturated heterocycles. The third-order valence-corrected chi connectivity index (χ3v) is 4.06. The van der Waals surface area contributed by atoms with Gasteiger partial charge in [-0.05, 0) is 31.0 Å². The molecular weight excluding hydrogens is 323 g/mol. The molecule has 24 heavy (non-hydrogen) atoms. The van der Waals surface area contributed by atoms with Gasteiger partial charge in [0.05, 0.1) is 17.7 Å². The van der Waals surface area contributed by atoms with E-state index in [9.17, 15) is 22.8 Å². The van der Waals surface area contributed by atoms with E-state index < -0.39 is 29.1 Å². The van der Waals surface area contributed by atoms with E-state index in [4.69, 9.17) is 0 Å². The van der Waals surface area contributed by atoms with E-state index in [0.717, 1.165) is 25.1 Å². The van der Waals surface area contributed by atoms with Crippen LogP contribution in [-0.4, -0.2) is 37.5 Å². The quantitative estimate of drug-likeness (QED) is 0.777. The lowest BCUT2D eigenvalue weighted by molar-refractivity contribution is -0.137. The zero-order chi connectivity index (χ0) is 17.7. The van der Waals surface area contributed by atoms with Crippen molar-refractivity contribution in [3.63, 3.8) is 0 Å². The number of carbonyl (C=O) groups excluding carboxylic acids is 2. The highest BCUT2D eigenvalue weighted by molar-refractivity contribution is 5.97. The summed E-state index contributed by atoms with van der Waals surface area (Å²) in [6.45, 7) is 3.18. The Hall–Kier alpha value is -2.09. The first kappa shape index (κ1) is 18.3. The highest BCUT2D eigenvalue weighted by Crippen LogP contribution is 2.31. The third kappa shape index (κ3) is 4.70. The number of hydrogen-bond acceptors (Lipinski definition) is 3. The molecule has 0 radical (unpaired) electrons. The van der Waals surface area contributed by atoms with Gasteiger partial charge in [0.1, 0.15) is 0 Å². The molecule has 0 saturated carbocycles. The Labute approximate surface area is 138 Å². The molecule has 8 heteroatoms. The van der Waals surface area contributed by atoms with Crippen LogP contribution in [0.3, 0.4) is 0 Å². The summed E-state index contributed by atoms with van der Waals surface area (Å²) < 4.78 is 38.7. The number of amides is 2. The van der Waals surface area contributed by atoms with Crippen LogP contribution in [0.4, 0.5) is 13.2 Å². The molecule has 5 nitrogen and oxygen atoms in total. The number of piperidine rings is 1. The van der Waals surface area contributed by atoms with Gasteiger partial charge in [-0.1, -0.05) is 19.1 Å². The fraction of sp³-hybridized carbons (Fsp3) is 0.500. The van der Waals surface area contributed by atoms with Gasteiger partial charge < -0.3 is 16.0 Å². The van der Waals surface area contributed by atoms with Crippen LogP contribution in [-0.2, 0) is 11.0 Å². The van der Waals surface area contributed by atoms with E-state index in [2.05, 4.69) is 16.0 Å². The highest BCUT2D eigenvalue weighted by atomic mass is 19.4. The van der Waals surface area contributed by atoms with Crippen LogP contribution in [0.1, 0.15) is 29.3 Å². The Morgan fingerprint density at radius 1 is 1.29 bits per heavy atom. The number of carbonyl (C=O) groups is 2. The van der Waals surface area contributed by atoms with E-state index in [1.807, 2.05) is 6.92 Å². The van der Waals surface area contributed by atoms with E-state index in [1.165, 1.54) is 12.1 Å². The number of benzene rings is 1. The SMILES string of the molecule is CC1CCNCC1NC(=O)CNC(=O)c1ccccc1C(F)(F)F. The van der Waals surface area contributed by atoms with Crippen molar-refractivity contribution >= 4 is 11.8 Å². The summed E-state index contributed by atoms with van der Waals surface area (Å²) >= 11 is 0. The Morgan fingerprint density at radius 2 is 2.00 bits per heavy atom. The van der Waals surface area contributed by atoms with Gasteiger partial charge in [0.25, 0.3) is 5.91 Å². The van der Waals surface area contributed by atoms with Gasteiger partial charge >= 0.3 is 6.18 Å². The summed E-state index contributed by atoms with van der Waals surface area (Å²) in [6, 6.07) is 4.43. The topological polar surface area (TPSA) is 70.2 Å². The molecule has 1 aromatic carbocycles. The predicted octanol–water partition coefficient (Wildman–Crippen LogP) is 1.55. The molecule has 1 aliphatic heterocycles. The van der Waals surface area contributed by atoms with Gasteiger partial charge in [-0.3, -0.25) is 9.59 Å². The molecule has 0 aromatic heterocycles. The number of rotatable bonds is 4. The largest absolute Gasteiger partial charge is 0.417 e. The maximum absolute atomic E-state index is 12.9. The van der Waals surface area contributed by atoms with Crippen LogP contribution in [0.5, 0.6) is 0 Å². The first-order chi connectivity index (χ1) is 11.3. The minimum Gasteiger partial charge on any atom is -0.350 e. The maximum Gasteiger partial charge on any atom is 0.417 e. The molecule has 2 amide bonds. The lowest BCUT2D eigenvalue weighted by Crippen LogP contribution is -2.52. The molecule has 2 rings (SSSR count). The number of nitrogens with one attached hydrogen (secondary N) is 3. The molecule has 1 aromatic rings. The Balaban J connectivity index is 1.92. The molecule has 132 valence electrons. The summed E-state index contributed by atoms with van der Waals surface area (Å²) in [5.41, 5.74) is -1.52. The number of alkyl halides is 3. The Bertz CT molecular complexity index is 604. The van der Waals surface area contributed by atoms with E-state index in [1.54, 1.807) is 0 Å². The predicted molar refractivity (Wildman–Crippen MR) is 82.4 cm³/mol. The van der Waals surface area contributed by atoms with Gasteiger partial charge in [-0.2, -0.15) is 13.2 Å². The number of hydrogen-bond donors (Lipinski definition) is 3. The van der Waals surface area contributed by atoms with Crippen molar-refractivity contribution in [3.8, 4) is 0 Å². The van der Waals surface area contributed by atoms with Gasteiger partial charge in [0, 0.05) is 12.6 Å². The van der Waals surface area contributed by atoms with E-state index >= 15 is 0 Å². The fourth-order valence-corrected chi connectivity index (χ4v) is 2.62. The maximum atomic E-state index is 12.9. The van der Waals surface area contributed by atoms with Gasteiger partial charge in [0.15, 0.2) is 0 Å². The van der Waals surface area contributed by atoms with Crippen molar-refractivity contribution in [2.45, 2.75) is 25.6 Å². The molecular formula is C16H20F3N3O2. The molecule has 1 heterocycles. The van der Waals surface area contributed by atoms with Crippen molar-refractivity contribution in [2.75, 3.05) is 19.6 Å². The zero-order valence-electron chi connectivity index (χ0n) is 13.2. The monoisotopic (exact) mass is 343 g/mol. The second kappa shape index (κ2) is 7.65. The molecule has 2 unspecified atom stereocenters. The van der Waals surface area contributed by atoms with Crippen molar-refractivity contribution in [3.05, 3.63) is 35.4 Å². The minimum atomic E-state index is -4.63. The summed E-state index contributed by atoms with van der Waals surface area (Å²) in [7, 11) is 0. The van der Waals surface area contributed by atoms with Crippen LogP contribution in [0, 0.1) is 5.92 Å². The second-order valence-electron chi connectivity index (χ2n) is 5.87. The van der Waals surface area contributed by atoms with Crippen LogP contribution in [0.25, 0.3) is 0 Å². The average molecular weight is 343 g/mol. The van der Waals surface area contributed by atoms with Gasteiger partial charge in [-0.15, -0.1) is 0 Å². The summed E-state index contributed by atoms with van der Waals surface area (Å²) in [4.78, 5) is 23.9. The summed E-state index contributed by atoms with van der Waals surface area (Å²) in [6.07, 6.45) is -3.70. The summed E-state index contributed by atoms with van der Waals surface area (Å²) in [5, 5.41) is 8.18. The lowest BCUT2D eigenvalue weighted by atomic mass is 9.95. The number of halogens is 3. The van der Waals surface area contributed by atoms with Crippen molar-refractivity contribution in [2.24, 2.45) is 5.92 Å². The van der Waals surface area contributed by atoms with E-state index in [0.29, 0.717) is 12.5 Å². The molecule has 0 bridgehead atoms. The molecule has 0 aliphatic carbocycles. The lowest BCUT2D eigenvalue weighted by Gasteiger charge is -2.30. The molecule has 0 spiro atoms. The van der Waals surface area contributed by atoms with Crippen LogP contribution >= 0.6 is 0 Å². The van der Waals surface area contributed by atoms with Crippen molar-refractivity contribution < 1.29 is 22.8 Å². The average Bonchev–Trinajstić information content (AvgIpc) is 2.54. The van der Waals surface area contributed by atoms with Gasteiger partial charge in [-0.25, -0.2) is 0 Å². The van der Waals surface area contributed by atoms with Crippen molar-refractivity contribution in [1.82, 2.24) is 16.0 Å². The smallest absolute Gasteiger partial charge is 0.350 e. The Kier molecular flexibility index (Phi) is 5.82. The standard InChI is InChI=1S/C16H20F3N3O2/c1-10-6-7-20-8-13(10)22-14(23)9-21-15(24)11-4-2-3-5-12(11)16(17,18)19/h2-5,10,13,20H,6-9H2,1H3,(H,21,24)(H,22,23). The second-order valence-corrected chi connectivity index (χ2v) is 5.87. The molecule has 1 fully saturated rings. The molecule has 3 N–H and O–H groups in total. The minimum absolute atomic E-state index is 0.0504. The first-order valence-corrected chi connectivity index (χ1v) is 7.73. The molecule has 1 aliphatic rings. The first-order valence-electron chi connectivity index (χ1n) is 7.73. The van der Waals surface area contributed by atoms with Gasteiger partial charge in [0.2, 0.25) is 5.91 Å². The van der Waals surface area contributed by atoms with Crippen LogP contribution in [0.2, 0.25) is 0 Å². The summed E-state index contributed by atoms with van der Waals surface area (Å²) in [5.74, 6) is -1.04. The van der Waals surface area contributed by atoms with Crippen molar-refractivity contribution in [1.29, 1.82) is 0 Å². The van der Waals surface area contributed by atoms with Crippen LogP contribution < -0.4 is 16.0 Å². The highest BCUT2D eigenvalue weighted by Gasteiger charge is 2.34. The normalized spacial score (nSPS) is 21.2. The fourth-order valence-electron chi connectivity index (χ4n) is 2.62. The Morgan fingerprint density at radius 3 is 2.67 bits per heavy atom.